The van der Waals surface area contributed by atoms with Crippen LogP contribution in [0.2, 0.25) is 0 Å². The average molecular weight is 595 g/mol. The highest BCUT2D eigenvalue weighted by Crippen LogP contribution is 2.58. The monoisotopic (exact) mass is 594 g/mol. The number of alkyl halides is 12. The summed E-state index contributed by atoms with van der Waals surface area (Å²) in [6, 6.07) is 0. The third-order valence-electron chi connectivity index (χ3n) is 8.22. The van der Waals surface area contributed by atoms with Gasteiger partial charge in [-0.3, -0.25) is 4.79 Å². The molecule has 0 aromatic heterocycles. The van der Waals surface area contributed by atoms with E-state index in [-0.39, 0.29) is 18.8 Å². The van der Waals surface area contributed by atoms with E-state index in [2.05, 4.69) is 11.7 Å². The summed E-state index contributed by atoms with van der Waals surface area (Å²) in [5, 5.41) is 0. The molecule has 2 fully saturated rings. The van der Waals surface area contributed by atoms with Gasteiger partial charge in [-0.05, 0) is 56.3 Å². The van der Waals surface area contributed by atoms with E-state index >= 15 is 0 Å². The molecule has 0 N–H and O–H groups in total. The zero-order valence-corrected chi connectivity index (χ0v) is 21.4. The molecular formula is C25H34F12O2. The highest BCUT2D eigenvalue weighted by atomic mass is 19.4. The zero-order chi connectivity index (χ0) is 29.9. The smallest absolute Gasteiger partial charge is 0.384 e. The zero-order valence-electron chi connectivity index (χ0n) is 21.4. The summed E-state index contributed by atoms with van der Waals surface area (Å²) < 4.78 is 163. The number of hydrogen-bond acceptors (Lipinski definition) is 2. The summed E-state index contributed by atoms with van der Waals surface area (Å²) >= 11 is 0. The van der Waals surface area contributed by atoms with Gasteiger partial charge in [-0.2, -0.15) is 43.9 Å². The third kappa shape index (κ3) is 6.93. The van der Waals surface area contributed by atoms with Crippen LogP contribution in [0.3, 0.4) is 0 Å². The Morgan fingerprint density at radius 3 is 1.67 bits per heavy atom. The number of unbranched alkanes of at least 4 members (excludes halogenated alkanes) is 2. The maximum Gasteiger partial charge on any atom is 0.384 e. The summed E-state index contributed by atoms with van der Waals surface area (Å²) in [5.41, 5.74) is 0. The lowest BCUT2D eigenvalue weighted by Gasteiger charge is -2.39. The van der Waals surface area contributed by atoms with Gasteiger partial charge in [0.2, 0.25) is 0 Å². The van der Waals surface area contributed by atoms with Gasteiger partial charge in [-0.25, -0.2) is 8.78 Å². The molecule has 2 rings (SSSR count). The molecule has 0 spiro atoms. The van der Waals surface area contributed by atoms with Crippen molar-refractivity contribution in [2.24, 2.45) is 23.7 Å². The summed E-state index contributed by atoms with van der Waals surface area (Å²) in [4.78, 5) is 12.2. The van der Waals surface area contributed by atoms with Gasteiger partial charge in [0.1, 0.15) is 0 Å². The fourth-order valence-corrected chi connectivity index (χ4v) is 5.60. The second-order valence-electron chi connectivity index (χ2n) is 10.8. The van der Waals surface area contributed by atoms with Crippen molar-refractivity contribution < 1.29 is 62.2 Å². The maximum absolute atomic E-state index is 13.9. The van der Waals surface area contributed by atoms with Gasteiger partial charge in [0.25, 0.3) is 0 Å². The van der Waals surface area contributed by atoms with Crippen molar-refractivity contribution in [2.45, 2.75) is 120 Å². The number of carbonyl (C=O) groups excluding carboxylic acids is 1. The summed E-state index contributed by atoms with van der Waals surface area (Å²) in [5.74, 6) is -36.9. The van der Waals surface area contributed by atoms with Crippen molar-refractivity contribution in [3.63, 3.8) is 0 Å². The van der Waals surface area contributed by atoms with Gasteiger partial charge >= 0.3 is 42.0 Å². The summed E-state index contributed by atoms with van der Waals surface area (Å²) in [6.45, 7) is -0.695. The molecule has 0 aromatic rings. The molecule has 0 unspecified atom stereocenters. The molecule has 0 aromatic carbocycles. The van der Waals surface area contributed by atoms with Gasteiger partial charge in [-0.15, -0.1) is 0 Å². The standard InChI is InChI=1S/C25H34F12O2/c1-2-3-4-5-15-6-8-16(9-7-15)17-10-12-18(13-11-17)19(38)39-14-21(28,29)23(32,33)25(36,37)24(34,35)22(30,31)20(26)27/h15-18,20H,2-14H2,1H3/t15-,16-,17-,18-. The Bertz CT molecular complexity index is 786. The highest BCUT2D eigenvalue weighted by Gasteiger charge is 2.87. The molecule has 0 aliphatic heterocycles. The van der Waals surface area contributed by atoms with Gasteiger partial charge in [-0.1, -0.05) is 45.4 Å². The number of carbonyl (C=O) groups is 1. The average Bonchev–Trinajstić information content (AvgIpc) is 2.87. The molecule has 0 bridgehead atoms. The molecule has 2 aliphatic rings. The second-order valence-corrected chi connectivity index (χ2v) is 10.8. The van der Waals surface area contributed by atoms with Gasteiger partial charge in [0.15, 0.2) is 6.61 Å². The first kappa shape index (κ1) is 33.8. The second kappa shape index (κ2) is 12.7. The molecule has 0 atom stereocenters. The predicted molar refractivity (Wildman–Crippen MR) is 117 cm³/mol. The van der Waals surface area contributed by atoms with E-state index < -0.39 is 54.5 Å². The normalized spacial score (nSPS) is 26.1. The topological polar surface area (TPSA) is 26.3 Å². The van der Waals surface area contributed by atoms with E-state index in [1.165, 1.54) is 19.3 Å². The van der Waals surface area contributed by atoms with Gasteiger partial charge in [0.05, 0.1) is 5.92 Å². The van der Waals surface area contributed by atoms with E-state index in [1.807, 2.05) is 0 Å². The van der Waals surface area contributed by atoms with E-state index in [4.69, 9.17) is 0 Å². The highest BCUT2D eigenvalue weighted by molar-refractivity contribution is 5.72. The van der Waals surface area contributed by atoms with E-state index in [0.29, 0.717) is 24.7 Å². The predicted octanol–water partition coefficient (Wildman–Crippen LogP) is 9.16. The molecule has 0 radical (unpaired) electrons. The lowest BCUT2D eigenvalue weighted by atomic mass is 9.68. The quantitative estimate of drug-likeness (QED) is 0.121. The molecule has 2 saturated carbocycles. The molecule has 2 nitrogen and oxygen atoms in total. The van der Waals surface area contributed by atoms with Crippen LogP contribution in [0.25, 0.3) is 0 Å². The van der Waals surface area contributed by atoms with Gasteiger partial charge < -0.3 is 4.74 Å². The number of esters is 1. The van der Waals surface area contributed by atoms with Crippen LogP contribution in [0.5, 0.6) is 0 Å². The Hall–Kier alpha value is -1.37. The minimum absolute atomic E-state index is 0.150. The molecule has 2 aliphatic carbocycles. The van der Waals surface area contributed by atoms with Crippen LogP contribution < -0.4 is 0 Å². The molecule has 14 heteroatoms. The fraction of sp³-hybridized carbons (Fsp3) is 0.960. The number of halogens is 12. The van der Waals surface area contributed by atoms with Crippen LogP contribution in [0.4, 0.5) is 52.7 Å². The molecule has 0 heterocycles. The van der Waals surface area contributed by atoms with Crippen LogP contribution in [0.1, 0.15) is 84.0 Å². The van der Waals surface area contributed by atoms with Crippen molar-refractivity contribution >= 4 is 5.97 Å². The number of rotatable bonds is 13. The van der Waals surface area contributed by atoms with Crippen molar-refractivity contribution in [3.05, 3.63) is 0 Å². The minimum Gasteiger partial charge on any atom is -0.459 e. The minimum atomic E-state index is -7.62. The lowest BCUT2D eigenvalue weighted by molar-refractivity contribution is -0.414. The van der Waals surface area contributed by atoms with E-state index in [9.17, 15) is 57.5 Å². The third-order valence-corrected chi connectivity index (χ3v) is 8.22. The van der Waals surface area contributed by atoms with E-state index in [1.54, 1.807) is 0 Å². The fourth-order valence-electron chi connectivity index (χ4n) is 5.60. The first-order valence-electron chi connectivity index (χ1n) is 13.2. The van der Waals surface area contributed by atoms with Crippen molar-refractivity contribution in [1.82, 2.24) is 0 Å². The Balaban J connectivity index is 1.91. The van der Waals surface area contributed by atoms with E-state index in [0.717, 1.165) is 32.1 Å². The SMILES string of the molecule is CCCCC[C@H]1CC[C@H]([C@H]2CC[C@H](C(=O)OCC(F)(F)C(F)(F)C(F)(F)C(F)(F)C(F)(F)C(F)F)CC2)CC1. The molecule has 230 valence electrons. The summed E-state index contributed by atoms with van der Waals surface area (Å²) in [6.07, 6.45) is 4.69. The van der Waals surface area contributed by atoms with Crippen LogP contribution in [0.15, 0.2) is 0 Å². The number of hydrogen-bond donors (Lipinski definition) is 0. The van der Waals surface area contributed by atoms with Crippen molar-refractivity contribution in [3.8, 4) is 0 Å². The van der Waals surface area contributed by atoms with Crippen molar-refractivity contribution in [2.75, 3.05) is 6.61 Å². The van der Waals surface area contributed by atoms with Crippen LogP contribution in [-0.4, -0.2) is 48.6 Å². The van der Waals surface area contributed by atoms with Gasteiger partial charge in [0, 0.05) is 0 Å². The Morgan fingerprint density at radius 1 is 0.718 bits per heavy atom. The molecular weight excluding hydrogens is 560 g/mol. The van der Waals surface area contributed by atoms with Crippen LogP contribution in [0, 0.1) is 23.7 Å². The lowest BCUT2D eigenvalue weighted by Crippen LogP contribution is -2.69. The van der Waals surface area contributed by atoms with Crippen LogP contribution in [-0.2, 0) is 9.53 Å². The largest absolute Gasteiger partial charge is 0.459 e. The molecule has 0 saturated heterocycles. The van der Waals surface area contributed by atoms with Crippen LogP contribution >= 0.6 is 0 Å². The summed E-state index contributed by atoms with van der Waals surface area (Å²) in [7, 11) is 0. The number of ether oxygens (including phenoxy) is 1. The first-order chi connectivity index (χ1) is 17.8. The molecule has 39 heavy (non-hydrogen) atoms. The van der Waals surface area contributed by atoms with Crippen molar-refractivity contribution in [1.29, 1.82) is 0 Å². The maximum atomic E-state index is 13.9. The Kier molecular flexibility index (Phi) is 11.0. The first-order valence-corrected chi connectivity index (χ1v) is 13.2. The Labute approximate surface area is 219 Å². The Morgan fingerprint density at radius 2 is 1.21 bits per heavy atom. The molecule has 0 amide bonds.